The van der Waals surface area contributed by atoms with Crippen LogP contribution in [0.25, 0.3) is 0 Å². The predicted molar refractivity (Wildman–Crippen MR) is 45.9 cm³/mol. The van der Waals surface area contributed by atoms with Crippen LogP contribution in [0.4, 0.5) is 0 Å². The molecule has 0 aromatic carbocycles. The minimum Gasteiger partial charge on any atom is -0.0829 e. The van der Waals surface area contributed by atoms with E-state index in [0.717, 1.165) is 0 Å². The zero-order chi connectivity index (χ0) is 4.83. The number of halogens is 1. The third kappa shape index (κ3) is 5.07. The van der Waals surface area contributed by atoms with Crippen LogP contribution in [0.2, 0.25) is 0 Å². The van der Waals surface area contributed by atoms with Gasteiger partial charge in [0.2, 0.25) is 0 Å². The standard InChI is InChI=1S/C3H5IP2/c4-2-1-3-6-5/h1-3H,5H2/b2-1-. The normalized spacial score (nSPS) is 11.7. The predicted octanol–water partition coefficient (Wildman–Crippen LogP) is 2.47. The van der Waals surface area contributed by atoms with Crippen molar-refractivity contribution in [2.75, 3.05) is 0 Å². The van der Waals surface area contributed by atoms with Crippen molar-refractivity contribution < 1.29 is 0 Å². The van der Waals surface area contributed by atoms with E-state index in [2.05, 4.69) is 37.3 Å². The van der Waals surface area contributed by atoms with Crippen molar-refractivity contribution in [3.63, 3.8) is 0 Å². The summed E-state index contributed by atoms with van der Waals surface area (Å²) >= 11 is 2.19. The van der Waals surface area contributed by atoms with Gasteiger partial charge < -0.3 is 0 Å². The molecule has 1 unspecified atom stereocenters. The monoisotopic (exact) mass is 230 g/mol. The summed E-state index contributed by atoms with van der Waals surface area (Å²) < 4.78 is 1.98. The van der Waals surface area contributed by atoms with Crippen molar-refractivity contribution in [3.8, 4) is 0 Å². The molecule has 0 bridgehead atoms. The number of hydrogen-bond donors (Lipinski definition) is 0. The van der Waals surface area contributed by atoms with E-state index < -0.39 is 0 Å². The van der Waals surface area contributed by atoms with Gasteiger partial charge in [-0.3, -0.25) is 0 Å². The first kappa shape index (κ1) is 7.07. The molecule has 1 atom stereocenters. The van der Waals surface area contributed by atoms with Crippen molar-refractivity contribution in [3.05, 3.63) is 10.2 Å². The summed E-state index contributed by atoms with van der Waals surface area (Å²) in [6.45, 7) is 0. The summed E-state index contributed by atoms with van der Waals surface area (Å²) in [5.41, 5.74) is 0. The second-order valence-corrected chi connectivity index (χ2v) is 2.83. The maximum Gasteiger partial charge on any atom is -0.0230 e. The molecular formula is C3H5IP2. The minimum absolute atomic E-state index is 1.25. The maximum atomic E-state index is 2.59. The Morgan fingerprint density at radius 2 is 2.33 bits per heavy atom. The molecule has 0 fully saturated rings. The molecule has 0 amide bonds. The SMILES string of the molecule is PP=C/C=C\I. The Bertz CT molecular complexity index is 57.2. The zero-order valence-corrected chi connectivity index (χ0v) is 7.34. The van der Waals surface area contributed by atoms with E-state index in [-0.39, 0.29) is 0 Å². The fraction of sp³-hybridized carbons (Fsp3) is 0. The summed E-state index contributed by atoms with van der Waals surface area (Å²) in [6, 6.07) is 0. The second-order valence-electron chi connectivity index (χ2n) is 0.617. The molecule has 0 rings (SSSR count). The molecule has 0 heterocycles. The Hall–Kier alpha value is 1.07. The molecule has 34 valence electrons. The van der Waals surface area contributed by atoms with Crippen LogP contribution in [0.3, 0.4) is 0 Å². The van der Waals surface area contributed by atoms with Gasteiger partial charge in [-0.1, -0.05) is 45.5 Å². The van der Waals surface area contributed by atoms with Crippen LogP contribution in [0.15, 0.2) is 10.2 Å². The van der Waals surface area contributed by atoms with Gasteiger partial charge in [0, 0.05) is 0 Å². The lowest BCUT2D eigenvalue weighted by Crippen LogP contribution is -1.42. The van der Waals surface area contributed by atoms with E-state index in [1.165, 1.54) is 7.89 Å². The highest BCUT2D eigenvalue weighted by Gasteiger charge is 1.51. The lowest BCUT2D eigenvalue weighted by Gasteiger charge is -1.60. The molecule has 0 nitrogen and oxygen atoms in total. The molecule has 0 aromatic rings. The highest BCUT2D eigenvalue weighted by molar-refractivity contribution is 14.1. The summed E-state index contributed by atoms with van der Waals surface area (Å²) in [5, 5.41) is 0. The van der Waals surface area contributed by atoms with Crippen LogP contribution < -0.4 is 0 Å². The van der Waals surface area contributed by atoms with Gasteiger partial charge in [-0.2, -0.15) is 0 Å². The summed E-state index contributed by atoms with van der Waals surface area (Å²) in [6.07, 6.45) is 2.01. The molecule has 0 spiro atoms. The van der Waals surface area contributed by atoms with Crippen LogP contribution >= 0.6 is 39.4 Å². The van der Waals surface area contributed by atoms with E-state index in [0.29, 0.717) is 0 Å². The Labute approximate surface area is 55.4 Å². The summed E-state index contributed by atoms with van der Waals surface area (Å²) in [7, 11) is 3.84. The zero-order valence-electron chi connectivity index (χ0n) is 3.13. The smallest absolute Gasteiger partial charge is 0.0230 e. The van der Waals surface area contributed by atoms with Gasteiger partial charge in [0.15, 0.2) is 0 Å². The molecule has 0 aliphatic heterocycles. The van der Waals surface area contributed by atoms with Gasteiger partial charge in [-0.05, 0) is 9.88 Å². The molecule has 0 aromatic heterocycles. The Kier molecular flexibility index (Phi) is 7.15. The van der Waals surface area contributed by atoms with Crippen molar-refractivity contribution >= 4 is 45.2 Å². The van der Waals surface area contributed by atoms with E-state index in [4.69, 9.17) is 0 Å². The third-order valence-corrected chi connectivity index (χ3v) is 1.52. The maximum absolute atomic E-state index is 2.59. The molecule has 0 saturated heterocycles. The second kappa shape index (κ2) is 6.07. The molecule has 0 aliphatic rings. The average Bonchev–Trinajstić information content (AvgIpc) is 1.61. The van der Waals surface area contributed by atoms with Gasteiger partial charge in [0.1, 0.15) is 0 Å². The highest BCUT2D eigenvalue weighted by atomic mass is 127. The van der Waals surface area contributed by atoms with Crippen LogP contribution in [-0.4, -0.2) is 5.80 Å². The first-order valence-corrected chi connectivity index (χ1v) is 5.23. The molecule has 0 aliphatic carbocycles. The Morgan fingerprint density at radius 1 is 1.67 bits per heavy atom. The van der Waals surface area contributed by atoms with Crippen molar-refractivity contribution in [2.45, 2.75) is 0 Å². The summed E-state index contributed by atoms with van der Waals surface area (Å²) in [5.74, 6) is 2.05. The number of allylic oxidation sites excluding steroid dienone is 1. The van der Waals surface area contributed by atoms with E-state index in [9.17, 15) is 0 Å². The first-order chi connectivity index (χ1) is 2.91. The third-order valence-electron chi connectivity index (χ3n) is 0.245. The number of hydrogen-bond acceptors (Lipinski definition) is 0. The Balaban J connectivity index is 3.07. The lowest BCUT2D eigenvalue weighted by atomic mass is 10.8. The van der Waals surface area contributed by atoms with E-state index in [1.54, 1.807) is 0 Å². The molecular weight excluding hydrogens is 225 g/mol. The van der Waals surface area contributed by atoms with Gasteiger partial charge in [-0.15, -0.1) is 0 Å². The van der Waals surface area contributed by atoms with Crippen LogP contribution in [0, 0.1) is 0 Å². The minimum atomic E-state index is 1.25. The summed E-state index contributed by atoms with van der Waals surface area (Å²) in [4.78, 5) is 0. The molecule has 0 saturated carbocycles. The topological polar surface area (TPSA) is 0 Å². The molecule has 0 radical (unpaired) electrons. The van der Waals surface area contributed by atoms with Gasteiger partial charge in [0.05, 0.1) is 0 Å². The van der Waals surface area contributed by atoms with Gasteiger partial charge in [-0.25, -0.2) is 0 Å². The van der Waals surface area contributed by atoms with Gasteiger partial charge >= 0.3 is 0 Å². The van der Waals surface area contributed by atoms with Crippen molar-refractivity contribution in [1.29, 1.82) is 0 Å². The molecule has 0 N–H and O–H groups in total. The fourth-order valence-electron chi connectivity index (χ4n) is 0.0822. The van der Waals surface area contributed by atoms with E-state index in [1.807, 2.05) is 10.2 Å². The molecule has 6 heavy (non-hydrogen) atoms. The van der Waals surface area contributed by atoms with Crippen LogP contribution in [0.1, 0.15) is 0 Å². The van der Waals surface area contributed by atoms with Crippen LogP contribution in [0.5, 0.6) is 0 Å². The van der Waals surface area contributed by atoms with Crippen LogP contribution in [-0.2, 0) is 0 Å². The van der Waals surface area contributed by atoms with Gasteiger partial charge in [0.25, 0.3) is 0 Å². The van der Waals surface area contributed by atoms with E-state index >= 15 is 0 Å². The molecule has 3 heteroatoms. The van der Waals surface area contributed by atoms with Crippen molar-refractivity contribution in [2.24, 2.45) is 0 Å². The average molecular weight is 230 g/mol. The van der Waals surface area contributed by atoms with Crippen molar-refractivity contribution in [1.82, 2.24) is 0 Å². The quantitative estimate of drug-likeness (QED) is 0.479. The fourth-order valence-corrected chi connectivity index (χ4v) is 1.10. The first-order valence-electron chi connectivity index (χ1n) is 1.40. The Morgan fingerprint density at radius 3 is 2.50 bits per heavy atom. The lowest BCUT2D eigenvalue weighted by molar-refractivity contribution is 2.53. The largest absolute Gasteiger partial charge is 0.0829 e. The highest BCUT2D eigenvalue weighted by Crippen LogP contribution is 2.03. The number of rotatable bonds is 1.